The number of rotatable bonds is 17. The van der Waals surface area contributed by atoms with E-state index in [9.17, 15) is 14.4 Å². The second-order valence-corrected chi connectivity index (χ2v) is 14.3. The summed E-state index contributed by atoms with van der Waals surface area (Å²) >= 11 is 2.98. The van der Waals surface area contributed by atoms with Gasteiger partial charge in [-0.15, -0.1) is 22.7 Å². The third kappa shape index (κ3) is 12.2. The number of urea groups is 1. The molecule has 0 aliphatic heterocycles. The first-order valence-electron chi connectivity index (χ1n) is 16.0. The Kier molecular flexibility index (Phi) is 13.9. The van der Waals surface area contributed by atoms with E-state index in [1.807, 2.05) is 74.7 Å². The van der Waals surface area contributed by atoms with Crippen molar-refractivity contribution in [2.45, 2.75) is 78.1 Å². The van der Waals surface area contributed by atoms with Crippen molar-refractivity contribution in [2.24, 2.45) is 11.8 Å². The quantitative estimate of drug-likeness (QED) is 0.122. The van der Waals surface area contributed by atoms with Crippen molar-refractivity contribution in [1.82, 2.24) is 25.5 Å². The van der Waals surface area contributed by atoms with Crippen LogP contribution in [0.25, 0.3) is 0 Å². The van der Waals surface area contributed by atoms with Gasteiger partial charge < -0.3 is 20.3 Å². The van der Waals surface area contributed by atoms with Crippen LogP contribution in [0, 0.1) is 18.8 Å². The van der Waals surface area contributed by atoms with Crippen LogP contribution in [0.1, 0.15) is 59.8 Å². The lowest BCUT2D eigenvalue weighted by atomic mass is 9.85. The average Bonchev–Trinajstić information content (AvgIpc) is 3.73. The predicted molar refractivity (Wildman–Crippen MR) is 187 cm³/mol. The number of thiazole rings is 2. The van der Waals surface area contributed by atoms with Crippen LogP contribution in [-0.2, 0) is 35.5 Å². The second kappa shape index (κ2) is 18.3. The zero-order chi connectivity index (χ0) is 33.6. The monoisotopic (exact) mass is 675 g/mol. The number of carbonyl (C=O) groups is 3. The molecular weight excluding hydrogens is 631 g/mol. The van der Waals surface area contributed by atoms with Crippen LogP contribution in [0.4, 0.5) is 9.59 Å². The Morgan fingerprint density at radius 3 is 2.19 bits per heavy atom. The molecule has 0 saturated carbocycles. The summed E-state index contributed by atoms with van der Waals surface area (Å²) in [6.45, 7) is 6.38. The third-order valence-corrected chi connectivity index (χ3v) is 9.54. The molecule has 0 bridgehead atoms. The normalized spacial score (nSPS) is 13.0. The molecule has 0 fully saturated rings. The van der Waals surface area contributed by atoms with Gasteiger partial charge in [-0.1, -0.05) is 74.5 Å². The lowest BCUT2D eigenvalue weighted by molar-refractivity contribution is -0.122. The maximum atomic E-state index is 13.9. The SMILES string of the molecule is Cc1nc(CN(C)C(=O)NC(C(=O)CC(CCC(Cc2ccccc2)NC(=O)OCc2cncs2)Cc2ccccc2)C(C)C)cs1. The maximum Gasteiger partial charge on any atom is 0.407 e. The molecule has 3 atom stereocenters. The summed E-state index contributed by atoms with van der Waals surface area (Å²) in [7, 11) is 1.71. The molecule has 2 heterocycles. The van der Waals surface area contributed by atoms with E-state index in [0.717, 1.165) is 26.7 Å². The van der Waals surface area contributed by atoms with Gasteiger partial charge in [0.15, 0.2) is 5.78 Å². The highest BCUT2D eigenvalue weighted by Gasteiger charge is 2.28. The second-order valence-electron chi connectivity index (χ2n) is 12.3. The number of aryl methyl sites for hydroxylation is 1. The lowest BCUT2D eigenvalue weighted by Crippen LogP contribution is -2.49. The fourth-order valence-corrected chi connectivity index (χ4v) is 6.62. The summed E-state index contributed by atoms with van der Waals surface area (Å²) in [5, 5.41) is 8.96. The highest BCUT2D eigenvalue weighted by Crippen LogP contribution is 2.23. The van der Waals surface area contributed by atoms with Crippen LogP contribution in [0.15, 0.2) is 77.8 Å². The summed E-state index contributed by atoms with van der Waals surface area (Å²) in [5.41, 5.74) is 4.78. The Bertz CT molecular complexity index is 1530. The van der Waals surface area contributed by atoms with Crippen LogP contribution >= 0.6 is 22.7 Å². The molecule has 0 aliphatic carbocycles. The summed E-state index contributed by atoms with van der Waals surface area (Å²) in [6.07, 6.45) is 4.23. The minimum absolute atomic E-state index is 0.00344. The summed E-state index contributed by atoms with van der Waals surface area (Å²) < 4.78 is 5.49. The smallest absolute Gasteiger partial charge is 0.407 e. The van der Waals surface area contributed by atoms with Gasteiger partial charge in [0.25, 0.3) is 0 Å². The predicted octanol–water partition coefficient (Wildman–Crippen LogP) is 7.21. The largest absolute Gasteiger partial charge is 0.444 e. The number of nitrogens with zero attached hydrogens (tertiary/aromatic N) is 3. The van der Waals surface area contributed by atoms with E-state index in [2.05, 4.69) is 32.7 Å². The fraction of sp³-hybridized carbons (Fsp3) is 0.417. The van der Waals surface area contributed by atoms with Crippen LogP contribution < -0.4 is 10.6 Å². The summed E-state index contributed by atoms with van der Waals surface area (Å²) in [4.78, 5) is 50.8. The molecule has 3 amide bonds. The van der Waals surface area contributed by atoms with E-state index < -0.39 is 12.1 Å². The standard InChI is InChI=1S/C36H45N5O4S2/c1-25(2)34(40-35(43)41(4)21-31-23-46-26(3)38-31)33(42)19-29(17-27-11-7-5-8-12-27)15-16-30(18-28-13-9-6-10-14-28)39-36(44)45-22-32-20-37-24-47-32/h5-14,20,23-25,29-30,34H,15-19,21-22H2,1-4H3,(H,39,44)(H,40,43). The highest BCUT2D eigenvalue weighted by molar-refractivity contribution is 7.09. The van der Waals surface area contributed by atoms with Crippen molar-refractivity contribution < 1.29 is 19.1 Å². The first kappa shape index (κ1) is 35.8. The Morgan fingerprint density at radius 2 is 1.60 bits per heavy atom. The minimum atomic E-state index is -0.625. The van der Waals surface area contributed by atoms with Gasteiger partial charge in [0.2, 0.25) is 0 Å². The number of ether oxygens (including phenoxy) is 1. The Balaban J connectivity index is 1.43. The van der Waals surface area contributed by atoms with Crippen molar-refractivity contribution in [3.05, 3.63) is 104 Å². The molecule has 250 valence electrons. The molecule has 2 aromatic heterocycles. The number of benzene rings is 2. The van der Waals surface area contributed by atoms with E-state index in [1.54, 1.807) is 35.0 Å². The van der Waals surface area contributed by atoms with E-state index in [-0.39, 0.29) is 36.3 Å². The molecule has 2 aromatic carbocycles. The van der Waals surface area contributed by atoms with E-state index in [4.69, 9.17) is 4.74 Å². The van der Waals surface area contributed by atoms with Gasteiger partial charge in [0.05, 0.1) is 33.7 Å². The molecule has 0 aliphatic rings. The molecule has 4 aromatic rings. The Labute approximate surface area is 285 Å². The van der Waals surface area contributed by atoms with Crippen LogP contribution in [0.2, 0.25) is 0 Å². The van der Waals surface area contributed by atoms with Gasteiger partial charge >= 0.3 is 12.1 Å². The number of nitrogens with one attached hydrogen (secondary N) is 2. The van der Waals surface area contributed by atoms with E-state index in [1.165, 1.54) is 11.3 Å². The molecule has 9 nitrogen and oxygen atoms in total. The Hall–Kier alpha value is -4.09. The Morgan fingerprint density at radius 1 is 0.915 bits per heavy atom. The number of hydrogen-bond acceptors (Lipinski definition) is 8. The lowest BCUT2D eigenvalue weighted by Gasteiger charge is -2.27. The fourth-order valence-electron chi connectivity index (χ4n) is 5.51. The molecule has 3 unspecified atom stereocenters. The number of ketones is 1. The van der Waals surface area contributed by atoms with Gasteiger partial charge in [0, 0.05) is 31.1 Å². The van der Waals surface area contributed by atoms with E-state index in [0.29, 0.717) is 38.6 Å². The number of amides is 3. The van der Waals surface area contributed by atoms with Crippen LogP contribution in [0.3, 0.4) is 0 Å². The van der Waals surface area contributed by atoms with Crippen molar-refractivity contribution in [1.29, 1.82) is 0 Å². The first-order valence-corrected chi connectivity index (χ1v) is 17.8. The zero-order valence-electron chi connectivity index (χ0n) is 27.6. The van der Waals surface area contributed by atoms with Gasteiger partial charge in [-0.3, -0.25) is 9.78 Å². The van der Waals surface area contributed by atoms with E-state index >= 15 is 0 Å². The average molecular weight is 676 g/mol. The number of alkyl carbamates (subject to hydrolysis) is 1. The molecular formula is C36H45N5O4S2. The molecule has 0 spiro atoms. The summed E-state index contributed by atoms with van der Waals surface area (Å²) in [6, 6.07) is 19.1. The number of Topliss-reactive ketones (excluding diaryl/α,β-unsaturated/α-hetero) is 1. The molecule has 2 N–H and O–H groups in total. The topological polar surface area (TPSA) is 114 Å². The highest BCUT2D eigenvalue weighted by atomic mass is 32.1. The molecule has 0 radical (unpaired) electrons. The number of carbonyl (C=O) groups excluding carboxylic acids is 3. The molecule has 11 heteroatoms. The van der Waals surface area contributed by atoms with Gasteiger partial charge in [0.1, 0.15) is 6.61 Å². The van der Waals surface area contributed by atoms with Gasteiger partial charge in [-0.2, -0.15) is 0 Å². The number of hydrogen-bond donors (Lipinski definition) is 2. The minimum Gasteiger partial charge on any atom is -0.444 e. The van der Waals surface area contributed by atoms with Crippen molar-refractivity contribution in [2.75, 3.05) is 7.05 Å². The van der Waals surface area contributed by atoms with Crippen molar-refractivity contribution in [3.63, 3.8) is 0 Å². The van der Waals surface area contributed by atoms with Crippen molar-refractivity contribution >= 4 is 40.6 Å². The van der Waals surface area contributed by atoms with Crippen LogP contribution in [0.5, 0.6) is 0 Å². The molecule has 0 saturated heterocycles. The first-order chi connectivity index (χ1) is 22.7. The summed E-state index contributed by atoms with van der Waals surface area (Å²) in [5.74, 6) is -0.0738. The van der Waals surface area contributed by atoms with Gasteiger partial charge in [-0.05, 0) is 55.6 Å². The third-order valence-electron chi connectivity index (χ3n) is 7.96. The van der Waals surface area contributed by atoms with Crippen LogP contribution in [-0.4, -0.2) is 51.9 Å². The number of aromatic nitrogens is 2. The maximum absolute atomic E-state index is 13.9. The molecule has 4 rings (SSSR count). The molecule has 47 heavy (non-hydrogen) atoms. The van der Waals surface area contributed by atoms with Gasteiger partial charge in [-0.25, -0.2) is 14.6 Å². The van der Waals surface area contributed by atoms with Crippen molar-refractivity contribution in [3.8, 4) is 0 Å². The zero-order valence-corrected chi connectivity index (χ0v) is 29.2.